The molecule has 0 aromatic heterocycles. The Morgan fingerprint density at radius 3 is 0.745 bits per heavy atom. The lowest BCUT2D eigenvalue weighted by molar-refractivity contribution is -0.161. The van der Waals surface area contributed by atoms with Crippen LogP contribution in [0.4, 0.5) is 0 Å². The summed E-state index contributed by atoms with van der Waals surface area (Å²) < 4.78 is 68.8. The van der Waals surface area contributed by atoms with Crippen LogP contribution in [0.2, 0.25) is 0 Å². The van der Waals surface area contributed by atoms with Crippen molar-refractivity contribution in [2.75, 3.05) is 39.6 Å². The molecular formula is C83H162O17P2. The van der Waals surface area contributed by atoms with E-state index in [-0.39, 0.29) is 25.7 Å². The summed E-state index contributed by atoms with van der Waals surface area (Å²) in [6, 6.07) is 0. The van der Waals surface area contributed by atoms with E-state index in [9.17, 15) is 43.2 Å². The number of rotatable bonds is 81. The van der Waals surface area contributed by atoms with E-state index >= 15 is 0 Å². The van der Waals surface area contributed by atoms with Crippen LogP contribution in [0.5, 0.6) is 0 Å². The van der Waals surface area contributed by atoms with Gasteiger partial charge in [-0.3, -0.25) is 37.3 Å². The quantitative estimate of drug-likeness (QED) is 0.0222. The summed E-state index contributed by atoms with van der Waals surface area (Å²) in [5.41, 5.74) is 0. The maximum atomic E-state index is 13.1. The molecule has 17 nitrogen and oxygen atoms in total. The third-order valence-corrected chi connectivity index (χ3v) is 21.6. The first-order chi connectivity index (χ1) is 49.3. The van der Waals surface area contributed by atoms with E-state index in [2.05, 4.69) is 48.5 Å². The van der Waals surface area contributed by atoms with Gasteiger partial charge in [-0.2, -0.15) is 0 Å². The number of phosphoric ester groups is 2. The lowest BCUT2D eigenvalue weighted by atomic mass is 9.99. The minimum atomic E-state index is -4.96. The second-order valence-electron chi connectivity index (χ2n) is 31.1. The monoisotopic (exact) mass is 1490 g/mol. The van der Waals surface area contributed by atoms with Gasteiger partial charge < -0.3 is 33.8 Å². The van der Waals surface area contributed by atoms with Crippen LogP contribution in [0.15, 0.2) is 0 Å². The molecule has 6 atom stereocenters. The molecule has 0 aromatic carbocycles. The van der Waals surface area contributed by atoms with Crippen molar-refractivity contribution in [2.45, 2.75) is 452 Å². The Hall–Kier alpha value is -1.94. The number of ether oxygens (including phenoxy) is 4. The highest BCUT2D eigenvalue weighted by molar-refractivity contribution is 7.47. The largest absolute Gasteiger partial charge is 0.472 e. The molecular weight excluding hydrogens is 1330 g/mol. The second kappa shape index (κ2) is 73.2. The number of carbonyl (C=O) groups excluding carboxylic acids is 4. The zero-order valence-electron chi connectivity index (χ0n) is 67.1. The summed E-state index contributed by atoms with van der Waals surface area (Å²) in [6.45, 7) is 12.0. The standard InChI is InChI=1S/C83H162O17P2/c1-8-10-11-12-13-14-26-36-43-50-57-64-80(85)93-70-78(99-83(88)67-60-53-46-39-32-25-19-21-28-34-41-48-55-62-75(5)6)72-97-101(89,90)95-68-77(84)69-96-102(91,92)98-73-79(71-94-81(86)65-58-51-44-37-30-23-17-15-20-27-33-40-47-54-61-74(3)4)100-82(87)66-59-52-45-38-31-24-18-16-22-29-35-42-49-56-63-76(7)9-2/h74-79,84H,8-73H2,1-7H3,(H,89,90)(H,91,92)/t76?,77-,78+,79+/m0/s1. The fraction of sp³-hybridized carbons (Fsp3) is 0.952. The van der Waals surface area contributed by atoms with Gasteiger partial charge in [-0.05, 0) is 43.4 Å². The maximum Gasteiger partial charge on any atom is 0.472 e. The molecule has 0 aliphatic carbocycles. The molecule has 0 radical (unpaired) electrons. The van der Waals surface area contributed by atoms with Crippen molar-refractivity contribution in [1.29, 1.82) is 0 Å². The normalized spacial score (nSPS) is 14.2. The second-order valence-corrected chi connectivity index (χ2v) is 34.0. The van der Waals surface area contributed by atoms with Crippen LogP contribution < -0.4 is 0 Å². The van der Waals surface area contributed by atoms with Crippen molar-refractivity contribution in [1.82, 2.24) is 0 Å². The van der Waals surface area contributed by atoms with Crippen molar-refractivity contribution >= 4 is 39.5 Å². The van der Waals surface area contributed by atoms with Crippen molar-refractivity contribution in [3.8, 4) is 0 Å². The van der Waals surface area contributed by atoms with Gasteiger partial charge in [-0.15, -0.1) is 0 Å². The molecule has 0 bridgehead atoms. The highest BCUT2D eigenvalue weighted by Crippen LogP contribution is 2.45. The average Bonchev–Trinajstić information content (AvgIpc) is 0.908. The number of phosphoric acid groups is 2. The van der Waals surface area contributed by atoms with Crippen LogP contribution in [0.25, 0.3) is 0 Å². The molecule has 0 fully saturated rings. The Kier molecular flexibility index (Phi) is 71.8. The first-order valence-electron chi connectivity index (χ1n) is 42.9. The molecule has 0 spiro atoms. The molecule has 102 heavy (non-hydrogen) atoms. The van der Waals surface area contributed by atoms with Crippen molar-refractivity contribution < 1.29 is 80.2 Å². The number of aliphatic hydroxyl groups excluding tert-OH is 1. The molecule has 19 heteroatoms. The van der Waals surface area contributed by atoms with Gasteiger partial charge in [0, 0.05) is 25.7 Å². The molecule has 0 amide bonds. The lowest BCUT2D eigenvalue weighted by Crippen LogP contribution is -2.30. The number of esters is 4. The number of hydrogen-bond donors (Lipinski definition) is 3. The van der Waals surface area contributed by atoms with Crippen LogP contribution in [0.1, 0.15) is 434 Å². The number of carbonyl (C=O) groups is 4. The van der Waals surface area contributed by atoms with Gasteiger partial charge in [0.25, 0.3) is 0 Å². The highest BCUT2D eigenvalue weighted by Gasteiger charge is 2.30. The predicted molar refractivity (Wildman–Crippen MR) is 418 cm³/mol. The average molecular weight is 1490 g/mol. The third kappa shape index (κ3) is 74.9. The van der Waals surface area contributed by atoms with E-state index in [1.54, 1.807) is 0 Å². The lowest BCUT2D eigenvalue weighted by Gasteiger charge is -2.21. The summed E-state index contributed by atoms with van der Waals surface area (Å²) in [7, 11) is -9.92. The Morgan fingerprint density at radius 1 is 0.284 bits per heavy atom. The first kappa shape index (κ1) is 100. The molecule has 0 saturated heterocycles. The molecule has 3 N–H and O–H groups in total. The van der Waals surface area contributed by atoms with Crippen molar-refractivity contribution in [3.63, 3.8) is 0 Å². The molecule has 0 aliphatic rings. The van der Waals surface area contributed by atoms with E-state index in [4.69, 9.17) is 37.0 Å². The van der Waals surface area contributed by atoms with Gasteiger partial charge in [-0.1, -0.05) is 382 Å². The molecule has 0 heterocycles. The van der Waals surface area contributed by atoms with Gasteiger partial charge in [-0.25, -0.2) is 9.13 Å². The van der Waals surface area contributed by atoms with Crippen LogP contribution in [-0.4, -0.2) is 96.7 Å². The van der Waals surface area contributed by atoms with Crippen LogP contribution in [0.3, 0.4) is 0 Å². The molecule has 0 aliphatic heterocycles. The smallest absolute Gasteiger partial charge is 0.462 e. The Labute approximate surface area is 626 Å². The minimum Gasteiger partial charge on any atom is -0.462 e. The topological polar surface area (TPSA) is 237 Å². The first-order valence-corrected chi connectivity index (χ1v) is 45.9. The molecule has 0 aromatic rings. The van der Waals surface area contributed by atoms with Crippen LogP contribution in [0, 0.1) is 17.8 Å². The van der Waals surface area contributed by atoms with Crippen LogP contribution >= 0.6 is 15.6 Å². The third-order valence-electron chi connectivity index (χ3n) is 19.7. The molecule has 606 valence electrons. The van der Waals surface area contributed by atoms with Gasteiger partial charge in [0.05, 0.1) is 26.4 Å². The van der Waals surface area contributed by atoms with E-state index in [1.165, 1.54) is 244 Å². The zero-order valence-corrected chi connectivity index (χ0v) is 68.9. The molecule has 0 saturated carbocycles. The highest BCUT2D eigenvalue weighted by atomic mass is 31.2. The number of unbranched alkanes of at least 4 members (excludes halogenated alkanes) is 48. The number of hydrogen-bond acceptors (Lipinski definition) is 15. The summed E-state index contributed by atoms with van der Waals surface area (Å²) in [6.07, 6.45) is 62.2. The number of aliphatic hydroxyl groups is 1. The van der Waals surface area contributed by atoms with E-state index in [0.29, 0.717) is 25.7 Å². The van der Waals surface area contributed by atoms with Crippen molar-refractivity contribution in [3.05, 3.63) is 0 Å². The molecule has 3 unspecified atom stereocenters. The van der Waals surface area contributed by atoms with E-state index < -0.39 is 97.5 Å². The predicted octanol–water partition coefficient (Wildman–Crippen LogP) is 24.9. The summed E-state index contributed by atoms with van der Waals surface area (Å²) in [5, 5.41) is 10.7. The van der Waals surface area contributed by atoms with Gasteiger partial charge in [0.1, 0.15) is 19.3 Å². The SMILES string of the molecule is CCCCCCCCCCCCCC(=O)OC[C@H](COP(=O)(O)OC[C@H](O)COP(=O)(O)OC[C@@H](COC(=O)CCCCCCCCCCCCCCCCC(C)C)OC(=O)CCCCCCCCCCCCCCCCC(C)CC)OC(=O)CCCCCCCCCCCCCCCC(C)C. The summed E-state index contributed by atoms with van der Waals surface area (Å²) >= 11 is 0. The minimum absolute atomic E-state index is 0.107. The Balaban J connectivity index is 5.26. The van der Waals surface area contributed by atoms with Gasteiger partial charge in [0.2, 0.25) is 0 Å². The van der Waals surface area contributed by atoms with Crippen LogP contribution in [-0.2, 0) is 65.4 Å². The molecule has 0 rings (SSSR count). The Morgan fingerprint density at radius 2 is 0.500 bits per heavy atom. The summed E-state index contributed by atoms with van der Waals surface area (Å²) in [5.74, 6) is 0.325. The zero-order chi connectivity index (χ0) is 75.1. The fourth-order valence-corrected chi connectivity index (χ4v) is 14.4. The Bertz CT molecular complexity index is 1980. The maximum absolute atomic E-state index is 13.1. The van der Waals surface area contributed by atoms with Gasteiger partial charge >= 0.3 is 39.5 Å². The summed E-state index contributed by atoms with van der Waals surface area (Å²) in [4.78, 5) is 73.1. The van der Waals surface area contributed by atoms with E-state index in [0.717, 1.165) is 108 Å². The van der Waals surface area contributed by atoms with Gasteiger partial charge in [0.15, 0.2) is 12.2 Å². The van der Waals surface area contributed by atoms with E-state index in [1.807, 2.05) is 0 Å². The van der Waals surface area contributed by atoms with Crippen molar-refractivity contribution in [2.24, 2.45) is 17.8 Å². The fourth-order valence-electron chi connectivity index (χ4n) is 12.8.